The van der Waals surface area contributed by atoms with E-state index in [1.807, 2.05) is 0 Å². The fourth-order valence-electron chi connectivity index (χ4n) is 1.65. The number of ketones is 1. The van der Waals surface area contributed by atoms with Crippen LogP contribution in [0.25, 0.3) is 0 Å². The highest BCUT2D eigenvalue weighted by molar-refractivity contribution is 5.97. The Hall–Kier alpha value is -2.70. The first kappa shape index (κ1) is 13.7. The maximum absolute atomic E-state index is 12.9. The molecule has 20 heavy (non-hydrogen) atoms. The van der Waals surface area contributed by atoms with E-state index in [0.717, 1.165) is 18.2 Å². The van der Waals surface area contributed by atoms with Gasteiger partial charge in [0.15, 0.2) is 12.4 Å². The van der Waals surface area contributed by atoms with Crippen molar-refractivity contribution in [1.82, 2.24) is 4.57 Å². The summed E-state index contributed by atoms with van der Waals surface area (Å²) in [5, 5.41) is 10.8. The third-order valence-electron chi connectivity index (χ3n) is 2.63. The van der Waals surface area contributed by atoms with Crippen molar-refractivity contribution < 1.29 is 18.8 Å². The molecule has 0 amide bonds. The number of carbonyl (C=O) groups is 1. The van der Waals surface area contributed by atoms with Crippen LogP contribution in [0.15, 0.2) is 36.7 Å². The summed E-state index contributed by atoms with van der Waals surface area (Å²) in [6, 6.07) is 4.54. The number of hydrogen-bond donors (Lipinski definition) is 0. The Morgan fingerprint density at radius 3 is 2.80 bits per heavy atom. The minimum Gasteiger partial charge on any atom is -0.478 e. The van der Waals surface area contributed by atoms with Crippen molar-refractivity contribution in [3.8, 4) is 5.75 Å². The number of rotatable bonds is 5. The number of ether oxygens (including phenoxy) is 1. The van der Waals surface area contributed by atoms with E-state index in [0.29, 0.717) is 5.56 Å². The molecule has 0 unspecified atom stereocenters. The summed E-state index contributed by atoms with van der Waals surface area (Å²) < 4.78 is 19.8. The van der Waals surface area contributed by atoms with Crippen LogP contribution in [0.5, 0.6) is 5.75 Å². The first-order chi connectivity index (χ1) is 9.47. The number of nitro benzene ring substituents is 1. The first-order valence-corrected chi connectivity index (χ1v) is 5.69. The van der Waals surface area contributed by atoms with Crippen LogP contribution in [-0.4, -0.2) is 21.9 Å². The van der Waals surface area contributed by atoms with Crippen LogP contribution in [0.3, 0.4) is 0 Å². The molecule has 0 aliphatic rings. The zero-order valence-corrected chi connectivity index (χ0v) is 10.6. The molecule has 7 heteroatoms. The van der Waals surface area contributed by atoms with Gasteiger partial charge in [-0.05, 0) is 18.2 Å². The zero-order valence-electron chi connectivity index (χ0n) is 10.6. The molecule has 0 saturated heterocycles. The smallest absolute Gasteiger partial charge is 0.313 e. The Morgan fingerprint density at radius 2 is 2.20 bits per heavy atom. The molecule has 1 aromatic carbocycles. The topological polar surface area (TPSA) is 74.4 Å². The number of Topliss-reactive ketones (excluding diaryl/α,β-unsaturated/α-hetero) is 1. The number of nitrogens with zero attached hydrogens (tertiary/aromatic N) is 2. The Labute approximate surface area is 113 Å². The molecule has 2 rings (SSSR count). The number of halogens is 1. The van der Waals surface area contributed by atoms with Crippen LogP contribution in [0.1, 0.15) is 10.4 Å². The summed E-state index contributed by atoms with van der Waals surface area (Å²) in [4.78, 5) is 21.8. The lowest BCUT2D eigenvalue weighted by atomic mass is 10.2. The van der Waals surface area contributed by atoms with E-state index in [1.165, 1.54) is 0 Å². The second-order valence-corrected chi connectivity index (χ2v) is 4.15. The van der Waals surface area contributed by atoms with Gasteiger partial charge in [0, 0.05) is 25.0 Å². The number of hydrogen-bond acceptors (Lipinski definition) is 4. The molecule has 0 N–H and O–H groups in total. The van der Waals surface area contributed by atoms with Crippen LogP contribution >= 0.6 is 0 Å². The van der Waals surface area contributed by atoms with Gasteiger partial charge in [-0.2, -0.15) is 0 Å². The molecule has 1 aromatic heterocycles. The predicted octanol–water partition coefficient (Wildman–Crippen LogP) is 2.33. The van der Waals surface area contributed by atoms with E-state index in [2.05, 4.69) is 0 Å². The third-order valence-corrected chi connectivity index (χ3v) is 2.63. The molecule has 0 radical (unpaired) electrons. The average Bonchev–Trinajstić information content (AvgIpc) is 2.83. The van der Waals surface area contributed by atoms with Gasteiger partial charge < -0.3 is 9.30 Å². The molecule has 0 fully saturated rings. The minimum atomic E-state index is -0.759. The molecule has 0 spiro atoms. The molecule has 104 valence electrons. The van der Waals surface area contributed by atoms with Gasteiger partial charge in [-0.25, -0.2) is 4.39 Å². The van der Waals surface area contributed by atoms with Crippen LogP contribution in [0.4, 0.5) is 10.1 Å². The maximum Gasteiger partial charge on any atom is 0.313 e. The highest BCUT2D eigenvalue weighted by atomic mass is 19.1. The van der Waals surface area contributed by atoms with Crippen molar-refractivity contribution in [1.29, 1.82) is 0 Å². The Kier molecular flexibility index (Phi) is 3.79. The van der Waals surface area contributed by atoms with E-state index in [1.54, 1.807) is 30.1 Å². The van der Waals surface area contributed by atoms with Crippen molar-refractivity contribution in [2.45, 2.75) is 0 Å². The van der Waals surface area contributed by atoms with Gasteiger partial charge in [-0.3, -0.25) is 14.9 Å². The molecule has 0 bridgehead atoms. The summed E-state index contributed by atoms with van der Waals surface area (Å²) in [6.45, 7) is -0.351. The van der Waals surface area contributed by atoms with Crippen molar-refractivity contribution in [2.75, 3.05) is 6.61 Å². The van der Waals surface area contributed by atoms with Gasteiger partial charge in [0.2, 0.25) is 5.78 Å². The quantitative estimate of drug-likeness (QED) is 0.478. The summed E-state index contributed by atoms with van der Waals surface area (Å²) in [5.41, 5.74) is -0.0665. The van der Waals surface area contributed by atoms with Gasteiger partial charge in [-0.1, -0.05) is 0 Å². The highest BCUT2D eigenvalue weighted by Gasteiger charge is 2.17. The Morgan fingerprint density at radius 1 is 1.45 bits per heavy atom. The molecule has 2 aromatic rings. The molecule has 0 saturated carbocycles. The zero-order chi connectivity index (χ0) is 14.7. The fourth-order valence-corrected chi connectivity index (χ4v) is 1.65. The third kappa shape index (κ3) is 3.00. The maximum atomic E-state index is 12.9. The summed E-state index contributed by atoms with van der Waals surface area (Å²) in [5.74, 6) is -1.19. The molecule has 1 heterocycles. The number of benzene rings is 1. The van der Waals surface area contributed by atoms with Gasteiger partial charge in [0.25, 0.3) is 0 Å². The van der Waals surface area contributed by atoms with Crippen LogP contribution in [0, 0.1) is 15.9 Å². The molecular weight excluding hydrogens is 267 g/mol. The van der Waals surface area contributed by atoms with Gasteiger partial charge in [-0.15, -0.1) is 0 Å². The lowest BCUT2D eigenvalue weighted by Gasteiger charge is -2.05. The van der Waals surface area contributed by atoms with Crippen molar-refractivity contribution in [3.05, 3.63) is 58.2 Å². The molecule has 0 atom stereocenters. The van der Waals surface area contributed by atoms with Gasteiger partial charge >= 0.3 is 5.69 Å². The number of aromatic nitrogens is 1. The Bertz CT molecular complexity index is 666. The van der Waals surface area contributed by atoms with Crippen molar-refractivity contribution in [2.24, 2.45) is 7.05 Å². The van der Waals surface area contributed by atoms with E-state index >= 15 is 0 Å². The number of nitro groups is 1. The number of aryl methyl sites for hydroxylation is 1. The van der Waals surface area contributed by atoms with E-state index in [4.69, 9.17) is 4.74 Å². The summed E-state index contributed by atoms with van der Waals surface area (Å²) >= 11 is 0. The van der Waals surface area contributed by atoms with E-state index in [9.17, 15) is 19.3 Å². The molecule has 0 aliphatic heterocycles. The molecule has 0 aliphatic carbocycles. The minimum absolute atomic E-state index is 0.138. The average molecular weight is 278 g/mol. The predicted molar refractivity (Wildman–Crippen MR) is 68.3 cm³/mol. The second-order valence-electron chi connectivity index (χ2n) is 4.15. The number of carbonyl (C=O) groups excluding carboxylic acids is 1. The SMILES string of the molecule is Cn1ccc(C(=O)COc2ccc(F)cc2[N+](=O)[O-])c1. The van der Waals surface area contributed by atoms with E-state index < -0.39 is 16.4 Å². The van der Waals surface area contributed by atoms with Crippen LogP contribution in [-0.2, 0) is 7.05 Å². The fraction of sp³-hybridized carbons (Fsp3) is 0.154. The van der Waals surface area contributed by atoms with Crippen LogP contribution < -0.4 is 4.74 Å². The van der Waals surface area contributed by atoms with E-state index in [-0.39, 0.29) is 18.1 Å². The van der Waals surface area contributed by atoms with Gasteiger partial charge in [0.05, 0.1) is 11.0 Å². The molecule has 6 nitrogen and oxygen atoms in total. The Balaban J connectivity index is 2.11. The normalized spacial score (nSPS) is 10.3. The molecular formula is C13H11FN2O4. The largest absolute Gasteiger partial charge is 0.478 e. The van der Waals surface area contributed by atoms with Crippen molar-refractivity contribution in [3.63, 3.8) is 0 Å². The van der Waals surface area contributed by atoms with Gasteiger partial charge in [0.1, 0.15) is 5.82 Å². The summed E-state index contributed by atoms with van der Waals surface area (Å²) in [7, 11) is 1.77. The summed E-state index contributed by atoms with van der Waals surface area (Å²) in [6.07, 6.45) is 3.32. The first-order valence-electron chi connectivity index (χ1n) is 5.69. The lowest BCUT2D eigenvalue weighted by Crippen LogP contribution is -2.11. The monoisotopic (exact) mass is 278 g/mol. The van der Waals surface area contributed by atoms with Crippen LogP contribution in [0.2, 0.25) is 0 Å². The standard InChI is InChI=1S/C13H11FN2O4/c1-15-5-4-9(7-15)12(17)8-20-13-3-2-10(14)6-11(13)16(18)19/h2-7H,8H2,1H3. The lowest BCUT2D eigenvalue weighted by molar-refractivity contribution is -0.386. The highest BCUT2D eigenvalue weighted by Crippen LogP contribution is 2.27. The van der Waals surface area contributed by atoms with Crippen molar-refractivity contribution >= 4 is 11.5 Å². The second kappa shape index (κ2) is 5.52.